The van der Waals surface area contributed by atoms with Gasteiger partial charge < -0.3 is 15.1 Å². The van der Waals surface area contributed by atoms with Gasteiger partial charge in [0, 0.05) is 49.4 Å². The molecule has 2 saturated heterocycles. The number of carbonyl (C=O) groups is 2. The Bertz CT molecular complexity index is 877. The Labute approximate surface area is 181 Å². The molecule has 2 aliphatic rings. The van der Waals surface area contributed by atoms with Crippen molar-refractivity contribution < 1.29 is 9.59 Å². The Morgan fingerprint density at radius 1 is 1.13 bits per heavy atom. The van der Waals surface area contributed by atoms with Gasteiger partial charge in [-0.15, -0.1) is 11.3 Å². The van der Waals surface area contributed by atoms with Crippen molar-refractivity contribution in [3.8, 4) is 0 Å². The fourth-order valence-electron chi connectivity index (χ4n) is 4.05. The maximum Gasteiger partial charge on any atom is 0.251 e. The first-order valence-electron chi connectivity index (χ1n) is 10.4. The van der Waals surface area contributed by atoms with E-state index in [0.717, 1.165) is 24.9 Å². The molecule has 2 atom stereocenters. The van der Waals surface area contributed by atoms with Crippen LogP contribution in [0.15, 0.2) is 41.8 Å². The zero-order valence-corrected chi connectivity index (χ0v) is 18.2. The fourth-order valence-corrected chi connectivity index (χ4v) is 4.84. The summed E-state index contributed by atoms with van der Waals surface area (Å²) in [6, 6.07) is 11.8. The zero-order chi connectivity index (χ0) is 21.1. The molecule has 2 aromatic rings. The predicted molar refractivity (Wildman–Crippen MR) is 120 cm³/mol. The number of hydrogen-bond acceptors (Lipinski definition) is 6. The highest BCUT2D eigenvalue weighted by Gasteiger charge is 2.34. The molecule has 0 radical (unpaired) electrons. The van der Waals surface area contributed by atoms with Crippen molar-refractivity contribution in [2.75, 3.05) is 32.1 Å². The van der Waals surface area contributed by atoms with E-state index in [-0.39, 0.29) is 29.9 Å². The number of rotatable bonds is 5. The third kappa shape index (κ3) is 4.66. The standard InChI is InChI=1S/C22H29N5O2S/c1-26(2)17-6-3-5-15(13-17)21(28)23-16-8-10-27(11-9-16)22(29)19-14-18(24-25-19)20-7-4-12-30-20/h3-7,12-13,16,18-19,24-25H,8-11,14H2,1-2H3,(H,23,28). The highest BCUT2D eigenvalue weighted by atomic mass is 32.1. The van der Waals surface area contributed by atoms with Crippen molar-refractivity contribution in [2.45, 2.75) is 37.4 Å². The third-order valence-electron chi connectivity index (χ3n) is 5.85. The average Bonchev–Trinajstić information content (AvgIpc) is 3.46. The molecule has 8 heteroatoms. The second-order valence-corrected chi connectivity index (χ2v) is 9.14. The number of thiophene rings is 1. The minimum atomic E-state index is -0.197. The smallest absolute Gasteiger partial charge is 0.251 e. The summed E-state index contributed by atoms with van der Waals surface area (Å²) in [6.07, 6.45) is 2.32. The molecular weight excluding hydrogens is 398 g/mol. The van der Waals surface area contributed by atoms with Gasteiger partial charge >= 0.3 is 0 Å². The molecule has 1 aromatic heterocycles. The number of piperidine rings is 1. The Balaban J connectivity index is 1.26. The van der Waals surface area contributed by atoms with E-state index in [4.69, 9.17) is 0 Å². The van der Waals surface area contributed by atoms with Crippen molar-refractivity contribution in [3.05, 3.63) is 52.2 Å². The number of carbonyl (C=O) groups excluding carboxylic acids is 2. The van der Waals surface area contributed by atoms with Gasteiger partial charge in [0.1, 0.15) is 6.04 Å². The molecule has 2 unspecified atom stereocenters. The second kappa shape index (κ2) is 9.16. The summed E-state index contributed by atoms with van der Waals surface area (Å²) in [5.41, 5.74) is 8.08. The number of nitrogens with one attached hydrogen (secondary N) is 3. The van der Waals surface area contributed by atoms with Crippen LogP contribution >= 0.6 is 11.3 Å². The topological polar surface area (TPSA) is 76.7 Å². The first-order chi connectivity index (χ1) is 14.5. The van der Waals surface area contributed by atoms with E-state index in [2.05, 4.69) is 27.6 Å². The van der Waals surface area contributed by atoms with E-state index < -0.39 is 0 Å². The normalized spacial score (nSPS) is 22.1. The quantitative estimate of drug-likeness (QED) is 0.682. The van der Waals surface area contributed by atoms with E-state index in [0.29, 0.717) is 18.7 Å². The van der Waals surface area contributed by atoms with Crippen LogP contribution in [-0.4, -0.2) is 56.0 Å². The van der Waals surface area contributed by atoms with Gasteiger partial charge in [-0.05, 0) is 48.9 Å². The van der Waals surface area contributed by atoms with Gasteiger partial charge in [0.05, 0.1) is 6.04 Å². The Morgan fingerprint density at radius 2 is 1.93 bits per heavy atom. The minimum Gasteiger partial charge on any atom is -0.378 e. The number of benzene rings is 1. The Morgan fingerprint density at radius 3 is 2.63 bits per heavy atom. The summed E-state index contributed by atoms with van der Waals surface area (Å²) < 4.78 is 0. The maximum absolute atomic E-state index is 12.9. The van der Waals surface area contributed by atoms with Gasteiger partial charge in [-0.25, -0.2) is 10.9 Å². The minimum absolute atomic E-state index is 0.0519. The highest BCUT2D eigenvalue weighted by Crippen LogP contribution is 2.27. The number of amides is 2. The van der Waals surface area contributed by atoms with Crippen LogP contribution in [0.3, 0.4) is 0 Å². The molecule has 1 aromatic carbocycles. The average molecular weight is 428 g/mol. The molecule has 0 saturated carbocycles. The van der Waals surface area contributed by atoms with Crippen LogP contribution in [0.5, 0.6) is 0 Å². The molecule has 30 heavy (non-hydrogen) atoms. The van der Waals surface area contributed by atoms with Crippen LogP contribution in [-0.2, 0) is 4.79 Å². The number of hydrogen-bond donors (Lipinski definition) is 3. The van der Waals surface area contributed by atoms with Gasteiger partial charge in [-0.3, -0.25) is 9.59 Å². The lowest BCUT2D eigenvalue weighted by Crippen LogP contribution is -2.51. The van der Waals surface area contributed by atoms with Crippen molar-refractivity contribution in [2.24, 2.45) is 0 Å². The van der Waals surface area contributed by atoms with E-state index in [9.17, 15) is 9.59 Å². The lowest BCUT2D eigenvalue weighted by Gasteiger charge is -2.33. The SMILES string of the molecule is CN(C)c1cccc(C(=O)NC2CCN(C(=O)C3CC(c4cccs4)NN3)CC2)c1. The zero-order valence-electron chi connectivity index (χ0n) is 17.4. The largest absolute Gasteiger partial charge is 0.378 e. The first kappa shape index (κ1) is 20.8. The number of hydrazine groups is 1. The summed E-state index contributed by atoms with van der Waals surface area (Å²) in [6.45, 7) is 1.34. The predicted octanol–water partition coefficient (Wildman–Crippen LogP) is 2.14. The molecule has 2 aliphatic heterocycles. The van der Waals surface area contributed by atoms with Crippen molar-refractivity contribution in [1.82, 2.24) is 21.1 Å². The molecule has 7 nitrogen and oxygen atoms in total. The van der Waals surface area contributed by atoms with Crippen LogP contribution in [0.4, 0.5) is 5.69 Å². The second-order valence-electron chi connectivity index (χ2n) is 8.16. The summed E-state index contributed by atoms with van der Waals surface area (Å²) in [4.78, 5) is 30.7. The Hall–Kier alpha value is -2.42. The lowest BCUT2D eigenvalue weighted by molar-refractivity contribution is -0.134. The van der Waals surface area contributed by atoms with Gasteiger partial charge in [0.2, 0.25) is 5.91 Å². The van der Waals surface area contributed by atoms with Crippen LogP contribution in [0, 0.1) is 0 Å². The van der Waals surface area contributed by atoms with E-state index >= 15 is 0 Å². The third-order valence-corrected chi connectivity index (χ3v) is 6.84. The first-order valence-corrected chi connectivity index (χ1v) is 11.3. The Kier molecular flexibility index (Phi) is 6.36. The van der Waals surface area contributed by atoms with Crippen molar-refractivity contribution >= 4 is 28.8 Å². The van der Waals surface area contributed by atoms with E-state index in [1.807, 2.05) is 54.2 Å². The lowest BCUT2D eigenvalue weighted by atomic mass is 10.0. The number of anilines is 1. The van der Waals surface area contributed by atoms with Crippen LogP contribution in [0.25, 0.3) is 0 Å². The molecule has 2 fully saturated rings. The van der Waals surface area contributed by atoms with Crippen LogP contribution < -0.4 is 21.1 Å². The van der Waals surface area contributed by atoms with Gasteiger partial charge in [-0.1, -0.05) is 12.1 Å². The maximum atomic E-state index is 12.9. The summed E-state index contributed by atoms with van der Waals surface area (Å²) in [7, 11) is 3.92. The molecule has 4 rings (SSSR count). The van der Waals surface area contributed by atoms with Crippen molar-refractivity contribution in [3.63, 3.8) is 0 Å². The van der Waals surface area contributed by atoms with Crippen LogP contribution in [0.2, 0.25) is 0 Å². The summed E-state index contributed by atoms with van der Waals surface area (Å²) >= 11 is 1.71. The van der Waals surface area contributed by atoms with Gasteiger partial charge in [0.15, 0.2) is 0 Å². The molecule has 0 aliphatic carbocycles. The molecule has 160 valence electrons. The molecule has 3 heterocycles. The van der Waals surface area contributed by atoms with Gasteiger partial charge in [0.25, 0.3) is 5.91 Å². The number of likely N-dealkylation sites (tertiary alicyclic amines) is 1. The monoisotopic (exact) mass is 427 g/mol. The van der Waals surface area contributed by atoms with Gasteiger partial charge in [-0.2, -0.15) is 0 Å². The molecule has 0 bridgehead atoms. The van der Waals surface area contributed by atoms with E-state index in [1.165, 1.54) is 4.88 Å². The highest BCUT2D eigenvalue weighted by molar-refractivity contribution is 7.10. The van der Waals surface area contributed by atoms with Crippen LogP contribution in [0.1, 0.15) is 40.5 Å². The van der Waals surface area contributed by atoms with Crippen molar-refractivity contribution in [1.29, 1.82) is 0 Å². The summed E-state index contributed by atoms with van der Waals surface area (Å²) in [5, 5.41) is 5.19. The summed E-state index contributed by atoms with van der Waals surface area (Å²) in [5.74, 6) is 0.0916. The van der Waals surface area contributed by atoms with E-state index in [1.54, 1.807) is 11.3 Å². The molecule has 2 amide bonds. The molecule has 3 N–H and O–H groups in total. The number of nitrogens with zero attached hydrogens (tertiary/aromatic N) is 2. The molecular formula is C22H29N5O2S. The molecule has 0 spiro atoms. The fraction of sp³-hybridized carbons (Fsp3) is 0.455.